The fourth-order valence-corrected chi connectivity index (χ4v) is 3.47. The molecule has 2 amide bonds. The highest BCUT2D eigenvalue weighted by atomic mass is 16.5. The summed E-state index contributed by atoms with van der Waals surface area (Å²) in [6, 6.07) is 7.22. The Balaban J connectivity index is 1.74. The van der Waals surface area contributed by atoms with Gasteiger partial charge < -0.3 is 25.2 Å². The molecule has 0 unspecified atom stereocenters. The number of hydrogen-bond acceptors (Lipinski definition) is 5. The number of ether oxygens (including phenoxy) is 1. The Morgan fingerprint density at radius 2 is 1.90 bits per heavy atom. The van der Waals surface area contributed by atoms with E-state index in [4.69, 9.17) is 9.84 Å². The van der Waals surface area contributed by atoms with Gasteiger partial charge in [0.25, 0.3) is 11.8 Å². The zero-order valence-corrected chi connectivity index (χ0v) is 17.3. The summed E-state index contributed by atoms with van der Waals surface area (Å²) in [6.45, 7) is 4.26. The highest BCUT2D eigenvalue weighted by Crippen LogP contribution is 2.31. The van der Waals surface area contributed by atoms with Crippen molar-refractivity contribution in [1.29, 1.82) is 0 Å². The Kier molecular flexibility index (Phi) is 6.64. The van der Waals surface area contributed by atoms with Gasteiger partial charge in [-0.1, -0.05) is 26.0 Å². The molecule has 162 valence electrons. The van der Waals surface area contributed by atoms with Gasteiger partial charge in [0, 0.05) is 19.0 Å². The van der Waals surface area contributed by atoms with Crippen LogP contribution in [0, 0.1) is 11.8 Å². The summed E-state index contributed by atoms with van der Waals surface area (Å²) in [5, 5.41) is 21.2. The first-order chi connectivity index (χ1) is 14.3. The molecule has 1 aliphatic carbocycles. The number of aliphatic hydroxyl groups excluding tert-OH is 1. The molecule has 1 aromatic rings. The number of carbonyl (C=O) groups is 3. The molecule has 0 radical (unpaired) electrons. The molecule has 0 spiro atoms. The van der Waals surface area contributed by atoms with Crippen LogP contribution in [0.4, 0.5) is 0 Å². The lowest BCUT2D eigenvalue weighted by molar-refractivity contribution is -0.139. The molecule has 30 heavy (non-hydrogen) atoms. The third-order valence-corrected chi connectivity index (χ3v) is 5.42. The standard InChI is InChI=1S/C22H28N2O6/c1-13(2)17-9-18(25)20(21(28)23-10-19(26)27)22(29)24(17)11-14-5-7-16(8-6-14)30-12-15-3-4-15/h5-8,13,15,17,25H,3-4,9-12H2,1-2H3,(H,23,28)(H,26,27)/t17-/m1/s1. The third kappa shape index (κ3) is 5.31. The zero-order valence-electron chi connectivity index (χ0n) is 17.3. The molecule has 1 heterocycles. The largest absolute Gasteiger partial charge is 0.511 e. The lowest BCUT2D eigenvalue weighted by atomic mass is 9.91. The number of aliphatic carboxylic acids is 1. The van der Waals surface area contributed by atoms with Crippen LogP contribution in [-0.4, -0.2) is 52.1 Å². The molecule has 8 nitrogen and oxygen atoms in total. The van der Waals surface area contributed by atoms with E-state index in [9.17, 15) is 19.5 Å². The predicted octanol–water partition coefficient (Wildman–Crippen LogP) is 2.25. The average molecular weight is 416 g/mol. The molecule has 3 rings (SSSR count). The summed E-state index contributed by atoms with van der Waals surface area (Å²) in [4.78, 5) is 37.7. The van der Waals surface area contributed by atoms with E-state index in [1.807, 2.05) is 38.1 Å². The van der Waals surface area contributed by atoms with Gasteiger partial charge in [-0.2, -0.15) is 0 Å². The van der Waals surface area contributed by atoms with E-state index in [2.05, 4.69) is 5.32 Å². The van der Waals surface area contributed by atoms with Gasteiger partial charge in [0.2, 0.25) is 0 Å². The summed E-state index contributed by atoms with van der Waals surface area (Å²) >= 11 is 0. The minimum atomic E-state index is -1.23. The minimum absolute atomic E-state index is 0.0564. The molecular formula is C22H28N2O6. The zero-order chi connectivity index (χ0) is 21.8. The lowest BCUT2D eigenvalue weighted by Crippen LogP contribution is -2.50. The number of nitrogens with one attached hydrogen (secondary N) is 1. The van der Waals surface area contributed by atoms with Gasteiger partial charge in [-0.3, -0.25) is 14.4 Å². The van der Waals surface area contributed by atoms with Crippen molar-refractivity contribution in [1.82, 2.24) is 10.2 Å². The van der Waals surface area contributed by atoms with Crippen molar-refractivity contribution < 1.29 is 29.3 Å². The second-order valence-corrected chi connectivity index (χ2v) is 8.24. The number of carboxylic acid groups (broad SMARTS) is 1. The number of amides is 2. The summed E-state index contributed by atoms with van der Waals surface area (Å²) in [7, 11) is 0. The normalized spacial score (nSPS) is 19.2. The smallest absolute Gasteiger partial charge is 0.322 e. The van der Waals surface area contributed by atoms with Crippen LogP contribution in [0.3, 0.4) is 0 Å². The Morgan fingerprint density at radius 3 is 2.47 bits per heavy atom. The number of benzene rings is 1. The van der Waals surface area contributed by atoms with Gasteiger partial charge in [0.1, 0.15) is 23.6 Å². The average Bonchev–Trinajstić information content (AvgIpc) is 3.52. The van der Waals surface area contributed by atoms with E-state index in [0.29, 0.717) is 5.92 Å². The molecule has 1 saturated carbocycles. The van der Waals surface area contributed by atoms with Crippen LogP contribution >= 0.6 is 0 Å². The van der Waals surface area contributed by atoms with Crippen LogP contribution in [0.1, 0.15) is 38.7 Å². The van der Waals surface area contributed by atoms with E-state index >= 15 is 0 Å². The van der Waals surface area contributed by atoms with Crippen molar-refractivity contribution in [3.05, 3.63) is 41.2 Å². The van der Waals surface area contributed by atoms with Gasteiger partial charge in [-0.25, -0.2) is 0 Å². The highest BCUT2D eigenvalue weighted by Gasteiger charge is 2.39. The Morgan fingerprint density at radius 1 is 1.23 bits per heavy atom. The molecule has 0 aromatic heterocycles. The maximum absolute atomic E-state index is 13.1. The molecule has 1 fully saturated rings. The van der Waals surface area contributed by atoms with E-state index in [0.717, 1.165) is 17.9 Å². The monoisotopic (exact) mass is 416 g/mol. The summed E-state index contributed by atoms with van der Waals surface area (Å²) in [5.74, 6) is -1.52. The van der Waals surface area contributed by atoms with Crippen molar-refractivity contribution in [2.24, 2.45) is 11.8 Å². The molecule has 0 saturated heterocycles. The van der Waals surface area contributed by atoms with Gasteiger partial charge in [0.05, 0.1) is 6.61 Å². The first-order valence-corrected chi connectivity index (χ1v) is 10.2. The molecule has 1 atom stereocenters. The number of nitrogens with zero attached hydrogens (tertiary/aromatic N) is 1. The Hall–Kier alpha value is -3.03. The van der Waals surface area contributed by atoms with Crippen LogP contribution in [0.15, 0.2) is 35.6 Å². The van der Waals surface area contributed by atoms with Crippen molar-refractivity contribution >= 4 is 17.8 Å². The van der Waals surface area contributed by atoms with Gasteiger partial charge >= 0.3 is 5.97 Å². The van der Waals surface area contributed by atoms with Crippen LogP contribution in [-0.2, 0) is 20.9 Å². The maximum Gasteiger partial charge on any atom is 0.322 e. The molecule has 0 bridgehead atoms. The third-order valence-electron chi connectivity index (χ3n) is 5.42. The van der Waals surface area contributed by atoms with Gasteiger partial charge in [-0.05, 0) is 42.4 Å². The number of carboxylic acids is 1. The topological polar surface area (TPSA) is 116 Å². The van der Waals surface area contributed by atoms with Crippen LogP contribution in [0.25, 0.3) is 0 Å². The maximum atomic E-state index is 13.1. The van der Waals surface area contributed by atoms with E-state index in [1.165, 1.54) is 12.8 Å². The molecule has 1 aliphatic heterocycles. The Labute approximate surface area is 175 Å². The Bertz CT molecular complexity index is 842. The number of hydrogen-bond donors (Lipinski definition) is 3. The quantitative estimate of drug-likeness (QED) is 0.532. The van der Waals surface area contributed by atoms with Crippen molar-refractivity contribution in [2.75, 3.05) is 13.2 Å². The van der Waals surface area contributed by atoms with Crippen LogP contribution in [0.2, 0.25) is 0 Å². The predicted molar refractivity (Wildman–Crippen MR) is 109 cm³/mol. The molecule has 8 heteroatoms. The minimum Gasteiger partial charge on any atom is -0.511 e. The van der Waals surface area contributed by atoms with Crippen LogP contribution < -0.4 is 10.1 Å². The second-order valence-electron chi connectivity index (χ2n) is 8.24. The molecule has 2 aliphatic rings. The highest BCUT2D eigenvalue weighted by molar-refractivity contribution is 6.19. The van der Waals surface area contributed by atoms with Crippen LogP contribution in [0.5, 0.6) is 5.75 Å². The summed E-state index contributed by atoms with van der Waals surface area (Å²) in [6.07, 6.45) is 2.57. The van der Waals surface area contributed by atoms with E-state index in [1.54, 1.807) is 4.90 Å². The van der Waals surface area contributed by atoms with Gasteiger partial charge in [-0.15, -0.1) is 0 Å². The molecule has 1 aromatic carbocycles. The van der Waals surface area contributed by atoms with E-state index < -0.39 is 29.9 Å². The lowest BCUT2D eigenvalue weighted by Gasteiger charge is -2.38. The van der Waals surface area contributed by atoms with Crippen molar-refractivity contribution in [3.63, 3.8) is 0 Å². The van der Waals surface area contributed by atoms with E-state index in [-0.39, 0.29) is 30.7 Å². The first kappa shape index (κ1) is 21.7. The van der Waals surface area contributed by atoms with Crippen molar-refractivity contribution in [2.45, 2.75) is 45.7 Å². The number of rotatable bonds is 9. The van der Waals surface area contributed by atoms with Crippen molar-refractivity contribution in [3.8, 4) is 5.75 Å². The first-order valence-electron chi connectivity index (χ1n) is 10.2. The second kappa shape index (κ2) is 9.19. The molecule has 3 N–H and O–H groups in total. The fourth-order valence-electron chi connectivity index (χ4n) is 3.47. The van der Waals surface area contributed by atoms with Gasteiger partial charge in [0.15, 0.2) is 0 Å². The number of aliphatic hydroxyl groups is 1. The molecular weight excluding hydrogens is 388 g/mol. The summed E-state index contributed by atoms with van der Waals surface area (Å²) in [5.41, 5.74) is 0.483. The fraction of sp³-hybridized carbons (Fsp3) is 0.500. The SMILES string of the molecule is CC(C)[C@H]1CC(O)=C(C(=O)NCC(=O)O)C(=O)N1Cc1ccc(OCC2CC2)cc1. The summed E-state index contributed by atoms with van der Waals surface area (Å²) < 4.78 is 5.74. The number of carbonyl (C=O) groups excluding carboxylic acids is 2.